The molecule has 52 heavy (non-hydrogen) atoms. The molecule has 1 amide bonds. The Labute approximate surface area is 301 Å². The summed E-state index contributed by atoms with van der Waals surface area (Å²) in [5.41, 5.74) is 6.97. The Morgan fingerprint density at radius 1 is 0.923 bits per heavy atom. The summed E-state index contributed by atoms with van der Waals surface area (Å²) in [7, 11) is 0. The zero-order valence-electron chi connectivity index (χ0n) is 29.4. The van der Waals surface area contributed by atoms with Crippen LogP contribution >= 0.6 is 0 Å². The number of carbonyl (C=O) groups is 1. The molecule has 262 valence electrons. The van der Waals surface area contributed by atoms with Gasteiger partial charge in [-0.25, -0.2) is 9.78 Å². The van der Waals surface area contributed by atoms with Crippen molar-refractivity contribution < 1.29 is 9.90 Å². The van der Waals surface area contributed by atoms with Crippen molar-refractivity contribution in [3.05, 3.63) is 115 Å². The fraction of sp³-hybridized carbons (Fsp3) is 0.275. The molecule has 0 radical (unpaired) electrons. The molecule has 1 aliphatic heterocycles. The predicted molar refractivity (Wildman–Crippen MR) is 199 cm³/mol. The topological polar surface area (TPSA) is 150 Å². The first-order valence-electron chi connectivity index (χ1n) is 17.6. The number of carboxylic acid groups (broad SMARTS) is 1. The maximum Gasteiger partial charge on any atom is 0.405 e. The molecular formula is C40H40N10O2. The number of piperidine rings is 1. The molecule has 0 spiro atoms. The van der Waals surface area contributed by atoms with E-state index in [4.69, 9.17) is 4.98 Å². The molecule has 2 aromatic carbocycles. The number of pyridine rings is 3. The lowest BCUT2D eigenvalue weighted by molar-refractivity contribution is 0.172. The Morgan fingerprint density at radius 2 is 1.69 bits per heavy atom. The van der Waals surface area contributed by atoms with Gasteiger partial charge in [-0.1, -0.05) is 81.4 Å². The number of nitrogens with zero attached hydrogens (tertiary/aromatic N) is 8. The average molecular weight is 693 g/mol. The zero-order valence-corrected chi connectivity index (χ0v) is 29.4. The molecule has 1 saturated heterocycles. The van der Waals surface area contributed by atoms with E-state index in [1.54, 1.807) is 6.20 Å². The van der Waals surface area contributed by atoms with Gasteiger partial charge in [0.25, 0.3) is 0 Å². The lowest BCUT2D eigenvalue weighted by Crippen LogP contribution is -2.37. The molecule has 6 heterocycles. The molecule has 5 aromatic heterocycles. The average Bonchev–Trinajstić information content (AvgIpc) is 3.83. The van der Waals surface area contributed by atoms with Gasteiger partial charge in [0.2, 0.25) is 0 Å². The van der Waals surface area contributed by atoms with Gasteiger partial charge in [-0.15, -0.1) is 20.4 Å². The molecule has 8 rings (SSSR count). The van der Waals surface area contributed by atoms with Gasteiger partial charge in [0.05, 0.1) is 17.3 Å². The number of rotatable bonds is 8. The molecule has 7 aromatic rings. The number of likely N-dealkylation sites (tertiary alicyclic amines) is 1. The molecule has 0 saturated carbocycles. The van der Waals surface area contributed by atoms with Gasteiger partial charge in [0.1, 0.15) is 11.5 Å². The molecule has 12 heteroatoms. The molecule has 1 unspecified atom stereocenters. The van der Waals surface area contributed by atoms with Gasteiger partial charge in [-0.3, -0.25) is 14.3 Å². The third-order valence-electron chi connectivity index (χ3n) is 9.89. The van der Waals surface area contributed by atoms with Crippen LogP contribution in [0, 0.1) is 5.41 Å². The van der Waals surface area contributed by atoms with Gasteiger partial charge in [0, 0.05) is 41.4 Å². The molecular weight excluding hydrogens is 653 g/mol. The number of benzene rings is 2. The van der Waals surface area contributed by atoms with E-state index in [2.05, 4.69) is 83.0 Å². The van der Waals surface area contributed by atoms with E-state index in [0.29, 0.717) is 17.4 Å². The highest BCUT2D eigenvalue weighted by Crippen LogP contribution is 2.37. The van der Waals surface area contributed by atoms with E-state index in [-0.39, 0.29) is 0 Å². The van der Waals surface area contributed by atoms with E-state index < -0.39 is 17.6 Å². The largest absolute Gasteiger partial charge is 0.465 e. The fourth-order valence-corrected chi connectivity index (χ4v) is 7.13. The number of nitrogens with one attached hydrogen (secondary N) is 2. The van der Waals surface area contributed by atoms with Crippen molar-refractivity contribution in [1.29, 1.82) is 0 Å². The summed E-state index contributed by atoms with van der Waals surface area (Å²) in [5.74, 6) is 2.54. The van der Waals surface area contributed by atoms with Crippen LogP contribution in [0.25, 0.3) is 50.5 Å². The smallest absolute Gasteiger partial charge is 0.405 e. The Morgan fingerprint density at radius 3 is 2.40 bits per heavy atom. The van der Waals surface area contributed by atoms with Gasteiger partial charge in [-0.2, -0.15) is 0 Å². The minimum Gasteiger partial charge on any atom is -0.465 e. The van der Waals surface area contributed by atoms with Gasteiger partial charge >= 0.3 is 6.09 Å². The van der Waals surface area contributed by atoms with Crippen LogP contribution in [-0.4, -0.2) is 68.9 Å². The highest BCUT2D eigenvalue weighted by Gasteiger charge is 2.32. The lowest BCUT2D eigenvalue weighted by Gasteiger charge is -2.30. The number of hydrogen-bond donors (Lipinski definition) is 3. The van der Waals surface area contributed by atoms with Crippen LogP contribution in [0.2, 0.25) is 0 Å². The van der Waals surface area contributed by atoms with E-state index in [0.717, 1.165) is 83.1 Å². The van der Waals surface area contributed by atoms with Crippen LogP contribution in [0.1, 0.15) is 62.8 Å². The molecule has 1 atom stereocenters. The second-order valence-corrected chi connectivity index (χ2v) is 14.5. The fourth-order valence-electron chi connectivity index (χ4n) is 7.13. The number of fused-ring (bicyclic) bond motifs is 3. The monoisotopic (exact) mass is 692 g/mol. The first kappa shape index (κ1) is 33.2. The summed E-state index contributed by atoms with van der Waals surface area (Å²) in [5, 5.41) is 30.9. The maximum absolute atomic E-state index is 11.7. The zero-order chi connectivity index (χ0) is 35.8. The van der Waals surface area contributed by atoms with Crippen molar-refractivity contribution in [2.24, 2.45) is 5.41 Å². The van der Waals surface area contributed by atoms with Crippen LogP contribution in [0.15, 0.2) is 97.3 Å². The van der Waals surface area contributed by atoms with Gasteiger partial charge in [-0.05, 0) is 66.7 Å². The Hall–Kier alpha value is -6.01. The lowest BCUT2D eigenvalue weighted by atomic mass is 9.86. The summed E-state index contributed by atoms with van der Waals surface area (Å²) in [6.45, 7) is 8.77. The Bertz CT molecular complexity index is 2340. The third-order valence-corrected chi connectivity index (χ3v) is 9.89. The first-order valence-corrected chi connectivity index (χ1v) is 17.6. The highest BCUT2D eigenvalue weighted by molar-refractivity contribution is 5.98. The van der Waals surface area contributed by atoms with Crippen molar-refractivity contribution in [2.45, 2.75) is 52.1 Å². The summed E-state index contributed by atoms with van der Waals surface area (Å²) >= 11 is 0. The summed E-state index contributed by atoms with van der Waals surface area (Å²) < 4.78 is 1.87. The van der Waals surface area contributed by atoms with Crippen molar-refractivity contribution in [3.63, 3.8) is 0 Å². The van der Waals surface area contributed by atoms with E-state index in [9.17, 15) is 9.90 Å². The van der Waals surface area contributed by atoms with Gasteiger partial charge in [0.15, 0.2) is 17.3 Å². The molecule has 3 N–H and O–H groups in total. The van der Waals surface area contributed by atoms with E-state index in [1.165, 1.54) is 5.56 Å². The molecule has 0 aliphatic carbocycles. The quantitative estimate of drug-likeness (QED) is 0.147. The van der Waals surface area contributed by atoms with Crippen LogP contribution in [-0.2, 0) is 6.54 Å². The minimum atomic E-state index is -1.11. The third kappa shape index (κ3) is 6.60. The van der Waals surface area contributed by atoms with Crippen molar-refractivity contribution in [1.82, 2.24) is 50.0 Å². The number of amides is 1. The standard InChI is InChI=1S/C40H40N10O2/c1-40(2,3)34(43-39(51)52)38-48-47-37-30-23-29(26-9-5-4-6-10-26)33(42-31(30)18-22-50(37)38)27-14-12-25(13-15-27)24-49-20-16-28(17-21-49)35-44-36(46-45-35)32-11-7-8-19-41-32/h4-15,18-19,22-23,28,34,43H,16-17,20-21,24H2,1-3H3,(H,51,52)(H,44,45,46). The summed E-state index contributed by atoms with van der Waals surface area (Å²) in [6.07, 6.45) is 4.57. The minimum absolute atomic E-state index is 0.353. The van der Waals surface area contributed by atoms with Crippen LogP contribution in [0.3, 0.4) is 0 Å². The first-order chi connectivity index (χ1) is 25.2. The molecule has 1 aliphatic rings. The molecule has 1 fully saturated rings. The molecule has 12 nitrogen and oxygen atoms in total. The predicted octanol–water partition coefficient (Wildman–Crippen LogP) is 7.53. The second-order valence-electron chi connectivity index (χ2n) is 14.5. The second kappa shape index (κ2) is 13.6. The highest BCUT2D eigenvalue weighted by atomic mass is 16.4. The van der Waals surface area contributed by atoms with E-state index >= 15 is 0 Å². The Balaban J connectivity index is 1.04. The van der Waals surface area contributed by atoms with Crippen molar-refractivity contribution in [3.8, 4) is 33.9 Å². The number of aromatic amines is 1. The number of H-pyrrole nitrogens is 1. The normalized spacial score (nSPS) is 14.9. The number of aromatic nitrogens is 8. The van der Waals surface area contributed by atoms with Crippen molar-refractivity contribution in [2.75, 3.05) is 13.1 Å². The number of hydrogen-bond acceptors (Lipinski definition) is 8. The maximum atomic E-state index is 11.7. The van der Waals surface area contributed by atoms with Gasteiger partial charge < -0.3 is 15.4 Å². The van der Waals surface area contributed by atoms with E-state index in [1.807, 2.05) is 73.8 Å². The van der Waals surface area contributed by atoms with Crippen LogP contribution in [0.4, 0.5) is 4.79 Å². The Kier molecular flexibility index (Phi) is 8.67. The van der Waals surface area contributed by atoms with Crippen LogP contribution < -0.4 is 5.32 Å². The molecule has 0 bridgehead atoms. The summed E-state index contributed by atoms with van der Waals surface area (Å²) in [4.78, 5) is 27.2. The summed E-state index contributed by atoms with van der Waals surface area (Å²) in [6, 6.07) is 28.3. The van der Waals surface area contributed by atoms with Crippen LogP contribution in [0.5, 0.6) is 0 Å². The van der Waals surface area contributed by atoms with Crippen molar-refractivity contribution >= 4 is 22.6 Å². The SMILES string of the molecule is CC(C)(C)C(NC(=O)O)c1nnc2c3cc(-c4ccccc4)c(-c4ccc(CN5CCC(c6nnc(-c7ccccn7)[nH]6)CC5)cc4)nc3ccn12.